The molecule has 0 heterocycles. The van der Waals surface area contributed by atoms with Crippen molar-refractivity contribution in [2.75, 3.05) is 0 Å². The summed E-state index contributed by atoms with van der Waals surface area (Å²) in [5, 5.41) is 20.4. The first kappa shape index (κ1) is 52.5. The second-order valence-electron chi connectivity index (χ2n) is 13.8. The molecular formula is C44H78CaO4. The minimum absolute atomic E-state index is 0. The molecule has 0 saturated carbocycles. The van der Waals surface area contributed by atoms with E-state index in [1.165, 1.54) is 173 Å². The van der Waals surface area contributed by atoms with E-state index in [0.717, 1.165) is 25.7 Å². The predicted octanol–water partition coefficient (Wildman–Crippen LogP) is 11.9. The molecule has 0 fully saturated rings. The van der Waals surface area contributed by atoms with Crippen LogP contribution in [0, 0.1) is 0 Å². The molecule has 0 saturated heterocycles. The maximum atomic E-state index is 10.2. The zero-order valence-corrected chi connectivity index (χ0v) is 34.8. The van der Waals surface area contributed by atoms with Crippen molar-refractivity contribution in [2.45, 2.75) is 219 Å². The minimum Gasteiger partial charge on any atom is -0.550 e. The van der Waals surface area contributed by atoms with Crippen LogP contribution in [0.2, 0.25) is 0 Å². The molecule has 0 aliphatic carbocycles. The van der Waals surface area contributed by atoms with Gasteiger partial charge in [-0.25, -0.2) is 0 Å². The number of aliphatic carboxylic acids is 2. The maximum Gasteiger partial charge on any atom is 2.00 e. The Kier molecular flexibility index (Phi) is 50.5. The van der Waals surface area contributed by atoms with Crippen molar-refractivity contribution < 1.29 is 19.8 Å². The van der Waals surface area contributed by atoms with Crippen molar-refractivity contribution in [3.63, 3.8) is 0 Å². The van der Waals surface area contributed by atoms with E-state index in [2.05, 4.69) is 20.4 Å². The maximum absolute atomic E-state index is 10.2. The van der Waals surface area contributed by atoms with E-state index in [4.69, 9.17) is 0 Å². The molecule has 280 valence electrons. The Morgan fingerprint density at radius 2 is 0.673 bits per heavy atom. The van der Waals surface area contributed by atoms with E-state index < -0.39 is 11.9 Å². The number of benzene rings is 1. The molecule has 0 N–H and O–H groups in total. The Hall–Kier alpha value is -0.840. The first-order valence-corrected chi connectivity index (χ1v) is 20.5. The van der Waals surface area contributed by atoms with Gasteiger partial charge in [0, 0.05) is 11.9 Å². The van der Waals surface area contributed by atoms with E-state index in [0.29, 0.717) is 0 Å². The van der Waals surface area contributed by atoms with Crippen LogP contribution in [0.4, 0.5) is 0 Å². The molecule has 0 bridgehead atoms. The molecule has 1 aromatic rings. The van der Waals surface area contributed by atoms with Gasteiger partial charge in [0.1, 0.15) is 0 Å². The Morgan fingerprint density at radius 3 is 0.857 bits per heavy atom. The number of unbranched alkanes of at least 4 members (excludes halogenated alkanes) is 28. The summed E-state index contributed by atoms with van der Waals surface area (Å²) < 4.78 is 0. The average molecular weight is 711 g/mol. The van der Waals surface area contributed by atoms with Crippen molar-refractivity contribution in [3.8, 4) is 0 Å². The van der Waals surface area contributed by atoms with Crippen LogP contribution in [0.3, 0.4) is 0 Å². The van der Waals surface area contributed by atoms with Crippen molar-refractivity contribution in [3.05, 3.63) is 42.5 Å². The van der Waals surface area contributed by atoms with E-state index in [1.807, 2.05) is 36.4 Å². The summed E-state index contributed by atoms with van der Waals surface area (Å²) in [6, 6.07) is 10.0. The fraction of sp³-hybridized carbons (Fsp3) is 0.773. The third-order valence-electron chi connectivity index (χ3n) is 9.00. The molecule has 5 heteroatoms. The summed E-state index contributed by atoms with van der Waals surface area (Å²) in [5.41, 5.74) is 1.17. The number of hydrogen-bond donors (Lipinski definition) is 0. The third kappa shape index (κ3) is 51.6. The third-order valence-corrected chi connectivity index (χ3v) is 9.00. The molecule has 0 radical (unpaired) electrons. The van der Waals surface area contributed by atoms with Crippen LogP contribution in [-0.2, 0) is 9.59 Å². The quantitative estimate of drug-likeness (QED) is 0.0537. The molecule has 4 nitrogen and oxygen atoms in total. The molecule has 0 aliphatic heterocycles. The Morgan fingerprint density at radius 1 is 0.449 bits per heavy atom. The van der Waals surface area contributed by atoms with Gasteiger partial charge < -0.3 is 19.8 Å². The molecular weight excluding hydrogens is 633 g/mol. The van der Waals surface area contributed by atoms with E-state index >= 15 is 0 Å². The smallest absolute Gasteiger partial charge is 0.550 e. The van der Waals surface area contributed by atoms with Crippen LogP contribution in [-0.4, -0.2) is 49.7 Å². The van der Waals surface area contributed by atoms with Crippen LogP contribution >= 0.6 is 0 Å². The van der Waals surface area contributed by atoms with Gasteiger partial charge in [-0.1, -0.05) is 237 Å². The van der Waals surface area contributed by atoms with Crippen LogP contribution in [0.1, 0.15) is 225 Å². The van der Waals surface area contributed by atoms with E-state index in [9.17, 15) is 19.8 Å². The zero-order chi connectivity index (χ0) is 35.6. The molecule has 0 unspecified atom stereocenters. The van der Waals surface area contributed by atoms with Gasteiger partial charge in [0.2, 0.25) is 0 Å². The second-order valence-corrected chi connectivity index (χ2v) is 13.8. The molecule has 0 aliphatic rings. The number of rotatable bonds is 33. The summed E-state index contributed by atoms with van der Waals surface area (Å²) in [6.07, 6.45) is 41.5. The Bertz CT molecular complexity index is 738. The predicted molar refractivity (Wildman–Crippen MR) is 211 cm³/mol. The largest absolute Gasteiger partial charge is 2.00 e. The van der Waals surface area contributed by atoms with E-state index in [1.54, 1.807) is 0 Å². The minimum atomic E-state index is -0.903. The number of carbonyl (C=O) groups is 2. The van der Waals surface area contributed by atoms with Crippen molar-refractivity contribution in [1.29, 1.82) is 0 Å². The summed E-state index contributed by atoms with van der Waals surface area (Å²) in [4.78, 5) is 20.4. The molecule has 0 aromatic heterocycles. The fourth-order valence-corrected chi connectivity index (χ4v) is 5.87. The SMILES string of the molecule is C=Cc1ccccc1.CCCCCCCCCCCCCCCCCC(=O)[O-].CCCCCCCCCCCCCCCCCC(=O)[O-].[Ca+2]. The van der Waals surface area contributed by atoms with Gasteiger partial charge in [-0.15, -0.1) is 0 Å². The van der Waals surface area contributed by atoms with Crippen LogP contribution in [0.25, 0.3) is 6.08 Å². The molecule has 0 spiro atoms. The van der Waals surface area contributed by atoms with Gasteiger partial charge in [0.05, 0.1) is 0 Å². The van der Waals surface area contributed by atoms with E-state index in [-0.39, 0.29) is 50.6 Å². The number of carboxylic acid groups (broad SMARTS) is 2. The van der Waals surface area contributed by atoms with Crippen molar-refractivity contribution >= 4 is 55.8 Å². The van der Waals surface area contributed by atoms with Gasteiger partial charge in [-0.2, -0.15) is 0 Å². The van der Waals surface area contributed by atoms with Crippen molar-refractivity contribution in [2.24, 2.45) is 0 Å². The second kappa shape index (κ2) is 47.2. The van der Waals surface area contributed by atoms with Crippen LogP contribution < -0.4 is 10.2 Å². The first-order chi connectivity index (χ1) is 23.5. The standard InChI is InChI=1S/2C18H36O2.C8H8.Ca/c2*1-2-3-4-5-6-7-8-9-10-11-12-13-14-15-16-17-18(19)20;1-2-8-6-4-3-5-7-8;/h2*2-17H2,1H3,(H,19,20);2-7H,1H2;/q;;;+2/p-2. The summed E-state index contributed by atoms with van der Waals surface area (Å²) in [7, 11) is 0. The molecule has 49 heavy (non-hydrogen) atoms. The van der Waals surface area contributed by atoms with Crippen molar-refractivity contribution in [1.82, 2.24) is 0 Å². The summed E-state index contributed by atoms with van der Waals surface area (Å²) in [6.45, 7) is 8.17. The number of hydrogen-bond acceptors (Lipinski definition) is 4. The summed E-state index contributed by atoms with van der Waals surface area (Å²) >= 11 is 0. The normalized spacial score (nSPS) is 10.2. The number of carbonyl (C=O) groups excluding carboxylic acids is 2. The average Bonchev–Trinajstić information content (AvgIpc) is 3.09. The Labute approximate surface area is 335 Å². The van der Waals surface area contributed by atoms with Gasteiger partial charge in [-0.3, -0.25) is 0 Å². The van der Waals surface area contributed by atoms with Gasteiger partial charge in [-0.05, 0) is 31.2 Å². The van der Waals surface area contributed by atoms with Gasteiger partial charge in [0.15, 0.2) is 0 Å². The number of carboxylic acids is 2. The van der Waals surface area contributed by atoms with Gasteiger partial charge >= 0.3 is 37.7 Å². The molecule has 0 amide bonds. The fourth-order valence-electron chi connectivity index (χ4n) is 5.87. The zero-order valence-electron chi connectivity index (χ0n) is 32.6. The summed E-state index contributed by atoms with van der Waals surface area (Å²) in [5.74, 6) is -1.81. The van der Waals surface area contributed by atoms with Crippen LogP contribution in [0.5, 0.6) is 0 Å². The van der Waals surface area contributed by atoms with Gasteiger partial charge in [0.25, 0.3) is 0 Å². The monoisotopic (exact) mass is 711 g/mol. The molecule has 1 rings (SSSR count). The van der Waals surface area contributed by atoms with Crippen LogP contribution in [0.15, 0.2) is 36.9 Å². The Balaban J connectivity index is -0.000000693. The first-order valence-electron chi connectivity index (χ1n) is 20.5. The molecule has 0 atom stereocenters. The topological polar surface area (TPSA) is 80.3 Å². The molecule has 1 aromatic carbocycles.